The van der Waals surface area contributed by atoms with E-state index in [0.29, 0.717) is 32.5 Å². The number of esters is 1. The number of fused-ring (bicyclic) bond motifs is 1. The second-order valence-electron chi connectivity index (χ2n) is 5.64. The molecule has 0 radical (unpaired) electrons. The van der Waals surface area contributed by atoms with E-state index in [2.05, 4.69) is 5.32 Å². The van der Waals surface area contributed by atoms with Gasteiger partial charge in [0.2, 0.25) is 5.91 Å². The number of carbonyl (C=O) groups excluding carboxylic acids is 2. The quantitative estimate of drug-likeness (QED) is 0.840. The monoisotopic (exact) mass is 288 g/mol. The number of nitrogens with one attached hydrogen (secondary N) is 1. The lowest BCUT2D eigenvalue weighted by atomic mass is 9.94. The van der Waals surface area contributed by atoms with E-state index in [-0.39, 0.29) is 23.7 Å². The van der Waals surface area contributed by atoms with Crippen molar-refractivity contribution in [3.8, 4) is 0 Å². The molecule has 1 aromatic carbocycles. The van der Waals surface area contributed by atoms with Crippen LogP contribution >= 0.6 is 0 Å². The molecule has 1 saturated heterocycles. The minimum atomic E-state index is -0.157. The molecule has 1 atom stereocenters. The Bertz CT molecular complexity index is 550. The van der Waals surface area contributed by atoms with Gasteiger partial charge in [-0.2, -0.15) is 0 Å². The van der Waals surface area contributed by atoms with Crippen LogP contribution in [0.5, 0.6) is 0 Å². The van der Waals surface area contributed by atoms with Crippen LogP contribution in [0.15, 0.2) is 24.3 Å². The number of anilines is 1. The lowest BCUT2D eigenvalue weighted by Gasteiger charge is -2.32. The Morgan fingerprint density at radius 2 is 1.95 bits per heavy atom. The topological polar surface area (TPSA) is 58.6 Å². The fraction of sp³-hybridized carbons (Fsp3) is 0.500. The van der Waals surface area contributed by atoms with E-state index >= 15 is 0 Å². The summed E-state index contributed by atoms with van der Waals surface area (Å²) in [5.74, 6) is -0.158. The van der Waals surface area contributed by atoms with Crippen molar-refractivity contribution in [1.29, 1.82) is 0 Å². The number of rotatable bonds is 2. The Labute approximate surface area is 124 Å². The first-order valence-electron chi connectivity index (χ1n) is 7.40. The van der Waals surface area contributed by atoms with Crippen LogP contribution in [0, 0.1) is 5.92 Å². The smallest absolute Gasteiger partial charge is 0.308 e. The van der Waals surface area contributed by atoms with E-state index in [4.69, 9.17) is 4.74 Å². The summed E-state index contributed by atoms with van der Waals surface area (Å²) in [4.78, 5) is 26.1. The van der Waals surface area contributed by atoms with Gasteiger partial charge in [0, 0.05) is 25.3 Å². The molecule has 1 fully saturated rings. The third kappa shape index (κ3) is 2.60. The third-order valence-corrected chi connectivity index (χ3v) is 4.47. The van der Waals surface area contributed by atoms with Crippen molar-refractivity contribution >= 4 is 17.6 Å². The number of benzene rings is 1. The van der Waals surface area contributed by atoms with E-state index < -0.39 is 0 Å². The Balaban J connectivity index is 1.64. The van der Waals surface area contributed by atoms with E-state index in [1.54, 1.807) is 0 Å². The van der Waals surface area contributed by atoms with Gasteiger partial charge in [-0.05, 0) is 24.5 Å². The van der Waals surface area contributed by atoms with Crippen LogP contribution < -0.4 is 5.32 Å². The molecule has 21 heavy (non-hydrogen) atoms. The number of ether oxygens (including phenoxy) is 1. The molecule has 112 valence electrons. The normalized spacial score (nSPS) is 21.6. The minimum Gasteiger partial charge on any atom is -0.469 e. The first kappa shape index (κ1) is 13.9. The van der Waals surface area contributed by atoms with Crippen molar-refractivity contribution in [3.63, 3.8) is 0 Å². The zero-order chi connectivity index (χ0) is 14.8. The molecule has 0 saturated carbocycles. The van der Waals surface area contributed by atoms with Gasteiger partial charge in [-0.15, -0.1) is 0 Å². The molecule has 0 aromatic heterocycles. The largest absolute Gasteiger partial charge is 0.469 e. The number of likely N-dealkylation sites (tertiary alicyclic amines) is 1. The number of amides is 1. The third-order valence-electron chi connectivity index (χ3n) is 4.47. The summed E-state index contributed by atoms with van der Waals surface area (Å²) in [6.07, 6.45) is 1.39. The van der Waals surface area contributed by atoms with Gasteiger partial charge in [0.25, 0.3) is 0 Å². The SMILES string of the molecule is COC(=O)C1CCN(C(=O)C2CNc3ccccc32)CC1. The summed E-state index contributed by atoms with van der Waals surface area (Å²) in [5, 5.41) is 3.28. The van der Waals surface area contributed by atoms with Gasteiger partial charge < -0.3 is 15.0 Å². The summed E-state index contributed by atoms with van der Waals surface area (Å²) in [6, 6.07) is 7.96. The van der Waals surface area contributed by atoms with Crippen LogP contribution in [0.25, 0.3) is 0 Å². The van der Waals surface area contributed by atoms with Crippen LogP contribution in [0.4, 0.5) is 5.69 Å². The molecular formula is C16H20N2O3. The van der Waals surface area contributed by atoms with Gasteiger partial charge in [0.05, 0.1) is 18.9 Å². The van der Waals surface area contributed by atoms with Crippen LogP contribution in [-0.4, -0.2) is 43.5 Å². The van der Waals surface area contributed by atoms with Gasteiger partial charge in [0.15, 0.2) is 0 Å². The standard InChI is InChI=1S/C16H20N2O3/c1-21-16(20)11-6-8-18(9-7-11)15(19)13-10-17-14-5-3-2-4-12(13)14/h2-5,11,13,17H,6-10H2,1H3. The Morgan fingerprint density at radius 1 is 1.24 bits per heavy atom. The Morgan fingerprint density at radius 3 is 2.67 bits per heavy atom. The highest BCUT2D eigenvalue weighted by molar-refractivity contribution is 5.88. The van der Waals surface area contributed by atoms with Gasteiger partial charge >= 0.3 is 5.97 Å². The molecule has 0 bridgehead atoms. The summed E-state index contributed by atoms with van der Waals surface area (Å²) in [7, 11) is 1.42. The zero-order valence-corrected chi connectivity index (χ0v) is 12.2. The molecule has 2 aliphatic rings. The molecule has 2 aliphatic heterocycles. The van der Waals surface area contributed by atoms with Gasteiger partial charge in [-0.1, -0.05) is 18.2 Å². The van der Waals surface area contributed by atoms with Crippen molar-refractivity contribution in [2.75, 3.05) is 32.1 Å². The summed E-state index contributed by atoms with van der Waals surface area (Å²) < 4.78 is 4.78. The van der Waals surface area contributed by atoms with E-state index in [1.807, 2.05) is 29.2 Å². The molecule has 5 heteroatoms. The Hall–Kier alpha value is -2.04. The van der Waals surface area contributed by atoms with Crippen molar-refractivity contribution in [3.05, 3.63) is 29.8 Å². The highest BCUT2D eigenvalue weighted by atomic mass is 16.5. The zero-order valence-electron chi connectivity index (χ0n) is 12.2. The number of hydrogen-bond donors (Lipinski definition) is 1. The number of carbonyl (C=O) groups is 2. The van der Waals surface area contributed by atoms with E-state index in [1.165, 1.54) is 7.11 Å². The molecule has 1 N–H and O–H groups in total. The maximum atomic E-state index is 12.7. The van der Waals surface area contributed by atoms with Crippen LogP contribution in [0.1, 0.15) is 24.3 Å². The predicted octanol–water partition coefficient (Wildman–Crippen LogP) is 1.61. The molecule has 0 spiro atoms. The summed E-state index contributed by atoms with van der Waals surface area (Å²) in [6.45, 7) is 1.93. The Kier molecular flexibility index (Phi) is 3.82. The second kappa shape index (κ2) is 5.76. The van der Waals surface area contributed by atoms with Crippen molar-refractivity contribution in [2.24, 2.45) is 5.92 Å². The molecule has 3 rings (SSSR count). The number of methoxy groups -OCH3 is 1. The van der Waals surface area contributed by atoms with Gasteiger partial charge in [-0.25, -0.2) is 0 Å². The number of hydrogen-bond acceptors (Lipinski definition) is 4. The van der Waals surface area contributed by atoms with E-state index in [9.17, 15) is 9.59 Å². The van der Waals surface area contributed by atoms with Crippen LogP contribution in [-0.2, 0) is 14.3 Å². The number of piperidine rings is 1. The molecule has 1 aromatic rings. The van der Waals surface area contributed by atoms with E-state index in [0.717, 1.165) is 11.3 Å². The summed E-state index contributed by atoms with van der Waals surface area (Å²) in [5.41, 5.74) is 2.14. The van der Waals surface area contributed by atoms with Crippen molar-refractivity contribution in [2.45, 2.75) is 18.8 Å². The summed E-state index contributed by atoms with van der Waals surface area (Å²) >= 11 is 0. The maximum Gasteiger partial charge on any atom is 0.308 e. The lowest BCUT2D eigenvalue weighted by Crippen LogP contribution is -2.43. The van der Waals surface area contributed by atoms with Gasteiger partial charge in [-0.3, -0.25) is 9.59 Å². The predicted molar refractivity (Wildman–Crippen MR) is 79.0 cm³/mol. The molecule has 5 nitrogen and oxygen atoms in total. The molecule has 2 heterocycles. The fourth-order valence-corrected chi connectivity index (χ4v) is 3.23. The maximum absolute atomic E-state index is 12.7. The highest BCUT2D eigenvalue weighted by Crippen LogP contribution is 2.33. The number of nitrogens with zero attached hydrogens (tertiary/aromatic N) is 1. The first-order valence-corrected chi connectivity index (χ1v) is 7.40. The van der Waals surface area contributed by atoms with Crippen molar-refractivity contribution in [1.82, 2.24) is 4.90 Å². The average molecular weight is 288 g/mol. The van der Waals surface area contributed by atoms with Crippen LogP contribution in [0.2, 0.25) is 0 Å². The fourth-order valence-electron chi connectivity index (χ4n) is 3.23. The molecule has 1 unspecified atom stereocenters. The minimum absolute atomic E-state index is 0.0620. The average Bonchev–Trinajstić information content (AvgIpc) is 2.97. The van der Waals surface area contributed by atoms with Gasteiger partial charge in [0.1, 0.15) is 0 Å². The number of para-hydroxylation sites is 1. The van der Waals surface area contributed by atoms with Crippen LogP contribution in [0.3, 0.4) is 0 Å². The molecular weight excluding hydrogens is 268 g/mol. The first-order chi connectivity index (χ1) is 10.2. The van der Waals surface area contributed by atoms with Crippen molar-refractivity contribution < 1.29 is 14.3 Å². The lowest BCUT2D eigenvalue weighted by molar-refractivity contribution is -0.149. The highest BCUT2D eigenvalue weighted by Gasteiger charge is 2.34. The molecule has 1 amide bonds. The second-order valence-corrected chi connectivity index (χ2v) is 5.64. The molecule has 0 aliphatic carbocycles.